The van der Waals surface area contributed by atoms with E-state index in [2.05, 4.69) is 41.4 Å². The van der Waals surface area contributed by atoms with E-state index in [0.717, 1.165) is 49.2 Å². The Morgan fingerprint density at radius 1 is 1.14 bits per heavy atom. The maximum Gasteiger partial charge on any atom is 0.135 e. The molecule has 0 radical (unpaired) electrons. The fraction of sp³-hybridized carbons (Fsp3) is 0.500. The van der Waals surface area contributed by atoms with Crippen molar-refractivity contribution in [3.63, 3.8) is 0 Å². The summed E-state index contributed by atoms with van der Waals surface area (Å²) in [5.74, 6) is 3.88. The lowest BCUT2D eigenvalue weighted by Gasteiger charge is -2.12. The molecule has 5 heteroatoms. The first-order valence-corrected chi connectivity index (χ1v) is 7.58. The molecule has 0 aliphatic heterocycles. The number of nitrogens with zero attached hydrogens (tertiary/aromatic N) is 2. The lowest BCUT2D eigenvalue weighted by molar-refractivity contribution is 0.513. The Hall–Kier alpha value is -2.04. The third-order valence-corrected chi connectivity index (χ3v) is 3.07. The number of anilines is 2. The fourth-order valence-electron chi connectivity index (χ4n) is 1.93. The largest absolute Gasteiger partial charge is 0.469 e. The van der Waals surface area contributed by atoms with E-state index in [1.807, 2.05) is 18.2 Å². The summed E-state index contributed by atoms with van der Waals surface area (Å²) in [6.07, 6.45) is 3.61. The first-order valence-electron chi connectivity index (χ1n) is 7.58. The van der Waals surface area contributed by atoms with Gasteiger partial charge in [-0.25, -0.2) is 9.97 Å². The predicted octanol–water partition coefficient (Wildman–Crippen LogP) is 3.67. The molecule has 21 heavy (non-hydrogen) atoms. The molecule has 0 fully saturated rings. The molecule has 114 valence electrons. The molecule has 2 heterocycles. The van der Waals surface area contributed by atoms with E-state index in [1.54, 1.807) is 6.26 Å². The quantitative estimate of drug-likeness (QED) is 0.776. The average molecular weight is 288 g/mol. The second-order valence-electron chi connectivity index (χ2n) is 5.33. The Morgan fingerprint density at radius 3 is 2.43 bits per heavy atom. The van der Waals surface area contributed by atoms with Crippen LogP contribution in [-0.2, 0) is 6.42 Å². The van der Waals surface area contributed by atoms with Crippen LogP contribution in [0.2, 0.25) is 0 Å². The number of hydrogen-bond donors (Lipinski definition) is 2. The zero-order valence-electron chi connectivity index (χ0n) is 13.0. The normalized spacial score (nSPS) is 10.9. The number of rotatable bonds is 8. The standard InChI is InChI=1S/C16H24N4O/c1-4-8-17-14-11-15(20-16(19-14)12(2)3)18-9-7-13-6-5-10-21-13/h5-6,10-12H,4,7-9H2,1-3H3,(H2,17,18,19,20). The van der Waals surface area contributed by atoms with Crippen LogP contribution in [0.25, 0.3) is 0 Å². The van der Waals surface area contributed by atoms with Gasteiger partial charge in [0.1, 0.15) is 23.2 Å². The lowest BCUT2D eigenvalue weighted by atomic mass is 10.2. The second-order valence-corrected chi connectivity index (χ2v) is 5.33. The van der Waals surface area contributed by atoms with Crippen LogP contribution >= 0.6 is 0 Å². The molecule has 0 saturated carbocycles. The van der Waals surface area contributed by atoms with Crippen LogP contribution in [0.4, 0.5) is 11.6 Å². The van der Waals surface area contributed by atoms with Crippen molar-refractivity contribution in [1.29, 1.82) is 0 Å². The van der Waals surface area contributed by atoms with Crippen molar-refractivity contribution in [3.05, 3.63) is 36.0 Å². The molecule has 2 aromatic heterocycles. The van der Waals surface area contributed by atoms with Gasteiger partial charge in [-0.05, 0) is 18.6 Å². The highest BCUT2D eigenvalue weighted by Crippen LogP contribution is 2.17. The molecule has 0 aliphatic rings. The van der Waals surface area contributed by atoms with Crippen LogP contribution in [0.15, 0.2) is 28.9 Å². The van der Waals surface area contributed by atoms with Crippen LogP contribution < -0.4 is 10.6 Å². The van der Waals surface area contributed by atoms with Gasteiger partial charge in [0, 0.05) is 31.5 Å². The van der Waals surface area contributed by atoms with Crippen molar-refractivity contribution in [2.45, 2.75) is 39.5 Å². The van der Waals surface area contributed by atoms with Crippen LogP contribution in [0.1, 0.15) is 44.7 Å². The van der Waals surface area contributed by atoms with Crippen LogP contribution in [-0.4, -0.2) is 23.1 Å². The number of hydrogen-bond acceptors (Lipinski definition) is 5. The van der Waals surface area contributed by atoms with Gasteiger partial charge in [-0.15, -0.1) is 0 Å². The van der Waals surface area contributed by atoms with E-state index in [4.69, 9.17) is 4.42 Å². The van der Waals surface area contributed by atoms with E-state index in [0.29, 0.717) is 5.92 Å². The first-order chi connectivity index (χ1) is 10.2. The summed E-state index contributed by atoms with van der Waals surface area (Å²) in [4.78, 5) is 9.11. The Bertz CT molecular complexity index is 537. The van der Waals surface area contributed by atoms with Crippen LogP contribution in [0, 0.1) is 0 Å². The zero-order valence-corrected chi connectivity index (χ0v) is 13.0. The van der Waals surface area contributed by atoms with Gasteiger partial charge < -0.3 is 15.1 Å². The molecule has 0 aromatic carbocycles. The Balaban J connectivity index is 2.00. The Morgan fingerprint density at radius 2 is 1.86 bits per heavy atom. The van der Waals surface area contributed by atoms with Gasteiger partial charge in [0.25, 0.3) is 0 Å². The highest BCUT2D eigenvalue weighted by Gasteiger charge is 2.08. The topological polar surface area (TPSA) is 63.0 Å². The lowest BCUT2D eigenvalue weighted by Crippen LogP contribution is -2.11. The van der Waals surface area contributed by atoms with Crippen molar-refractivity contribution in [2.75, 3.05) is 23.7 Å². The van der Waals surface area contributed by atoms with E-state index in [1.165, 1.54) is 0 Å². The minimum Gasteiger partial charge on any atom is -0.469 e. The van der Waals surface area contributed by atoms with Gasteiger partial charge >= 0.3 is 0 Å². The minimum absolute atomic E-state index is 0.305. The second kappa shape index (κ2) is 7.67. The third kappa shape index (κ3) is 4.77. The van der Waals surface area contributed by atoms with Crippen molar-refractivity contribution >= 4 is 11.6 Å². The van der Waals surface area contributed by atoms with Crippen LogP contribution in [0.3, 0.4) is 0 Å². The molecule has 0 bridgehead atoms. The van der Waals surface area contributed by atoms with Gasteiger partial charge in [-0.3, -0.25) is 0 Å². The minimum atomic E-state index is 0.305. The summed E-state index contributed by atoms with van der Waals surface area (Å²) in [5.41, 5.74) is 0. The number of furan rings is 1. The molecule has 5 nitrogen and oxygen atoms in total. The Kier molecular flexibility index (Phi) is 5.60. The predicted molar refractivity (Wildman–Crippen MR) is 85.8 cm³/mol. The van der Waals surface area contributed by atoms with Crippen molar-refractivity contribution in [1.82, 2.24) is 9.97 Å². The summed E-state index contributed by atoms with van der Waals surface area (Å²) >= 11 is 0. The first kappa shape index (κ1) is 15.4. The van der Waals surface area contributed by atoms with E-state index >= 15 is 0 Å². The molecule has 0 aliphatic carbocycles. The molecule has 2 aromatic rings. The SMILES string of the molecule is CCCNc1cc(NCCc2ccco2)nc(C(C)C)n1. The summed E-state index contributed by atoms with van der Waals surface area (Å²) in [7, 11) is 0. The van der Waals surface area contributed by atoms with Crippen LogP contribution in [0.5, 0.6) is 0 Å². The molecule has 0 amide bonds. The van der Waals surface area contributed by atoms with Gasteiger partial charge in [0.2, 0.25) is 0 Å². The number of nitrogens with one attached hydrogen (secondary N) is 2. The summed E-state index contributed by atoms with van der Waals surface area (Å²) in [6.45, 7) is 8.05. The Labute approximate surface area is 126 Å². The smallest absolute Gasteiger partial charge is 0.135 e. The number of aromatic nitrogens is 2. The zero-order chi connectivity index (χ0) is 15.1. The summed E-state index contributed by atoms with van der Waals surface area (Å²) in [5, 5.41) is 6.67. The van der Waals surface area contributed by atoms with E-state index in [9.17, 15) is 0 Å². The van der Waals surface area contributed by atoms with Gasteiger partial charge in [0.15, 0.2) is 0 Å². The molecular weight excluding hydrogens is 264 g/mol. The van der Waals surface area contributed by atoms with Gasteiger partial charge in [0.05, 0.1) is 6.26 Å². The molecule has 2 rings (SSSR count). The van der Waals surface area contributed by atoms with Gasteiger partial charge in [-0.1, -0.05) is 20.8 Å². The molecule has 0 atom stereocenters. The van der Waals surface area contributed by atoms with E-state index < -0.39 is 0 Å². The van der Waals surface area contributed by atoms with E-state index in [-0.39, 0.29) is 0 Å². The van der Waals surface area contributed by atoms with Crippen molar-refractivity contribution in [2.24, 2.45) is 0 Å². The average Bonchev–Trinajstić information content (AvgIpc) is 2.98. The highest BCUT2D eigenvalue weighted by atomic mass is 16.3. The monoisotopic (exact) mass is 288 g/mol. The molecule has 0 spiro atoms. The van der Waals surface area contributed by atoms with Crippen molar-refractivity contribution in [3.8, 4) is 0 Å². The maximum atomic E-state index is 5.33. The van der Waals surface area contributed by atoms with Crippen molar-refractivity contribution < 1.29 is 4.42 Å². The maximum absolute atomic E-state index is 5.33. The third-order valence-electron chi connectivity index (χ3n) is 3.07. The molecule has 0 unspecified atom stereocenters. The molecular formula is C16H24N4O. The summed E-state index contributed by atoms with van der Waals surface area (Å²) < 4.78 is 5.33. The molecule has 2 N–H and O–H groups in total. The highest BCUT2D eigenvalue weighted by molar-refractivity contribution is 5.47. The fourth-order valence-corrected chi connectivity index (χ4v) is 1.93. The van der Waals surface area contributed by atoms with Gasteiger partial charge in [-0.2, -0.15) is 0 Å². The molecule has 0 saturated heterocycles. The summed E-state index contributed by atoms with van der Waals surface area (Å²) in [6, 6.07) is 5.85.